The molecule has 9 nitrogen and oxygen atoms in total. The van der Waals surface area contributed by atoms with Crippen LogP contribution in [0.5, 0.6) is 0 Å². The van der Waals surface area contributed by atoms with E-state index in [1.54, 1.807) is 29.9 Å². The second-order valence-electron chi connectivity index (χ2n) is 6.08. The average molecular weight is 359 g/mol. The molecule has 1 aliphatic heterocycles. The fourth-order valence-electron chi connectivity index (χ4n) is 2.54. The maximum atomic E-state index is 11.9. The van der Waals surface area contributed by atoms with Crippen LogP contribution in [0, 0.1) is 0 Å². The molecule has 1 aromatic heterocycles. The lowest BCUT2D eigenvalue weighted by Gasteiger charge is -2.29. The summed E-state index contributed by atoms with van der Waals surface area (Å²) in [5, 5.41) is 7.54. The van der Waals surface area contributed by atoms with Gasteiger partial charge in [-0.15, -0.1) is 0 Å². The van der Waals surface area contributed by atoms with E-state index in [1.807, 2.05) is 0 Å². The van der Waals surface area contributed by atoms with Crippen LogP contribution in [0.25, 0.3) is 10.9 Å². The second kappa shape index (κ2) is 6.17. The Morgan fingerprint density at radius 1 is 1.27 bits per heavy atom. The summed E-state index contributed by atoms with van der Waals surface area (Å²) in [7, 11) is 2.98. The Hall–Kier alpha value is -3.36. The molecule has 1 aromatic carbocycles. The van der Waals surface area contributed by atoms with Crippen LogP contribution >= 0.6 is 0 Å². The highest BCUT2D eigenvalue weighted by atomic mass is 16.7. The van der Waals surface area contributed by atoms with Gasteiger partial charge in [-0.2, -0.15) is 5.10 Å². The molecule has 0 bridgehead atoms. The Morgan fingerprint density at radius 3 is 2.54 bits per heavy atom. The maximum Gasteiger partial charge on any atom is 0.359 e. The van der Waals surface area contributed by atoms with Crippen molar-refractivity contribution in [3.05, 3.63) is 35.7 Å². The number of nitrogens with zero attached hydrogens (tertiary/aromatic N) is 2. The van der Waals surface area contributed by atoms with E-state index in [9.17, 15) is 14.4 Å². The van der Waals surface area contributed by atoms with Crippen molar-refractivity contribution in [3.8, 4) is 0 Å². The molecule has 2 aromatic rings. The molecule has 0 saturated carbocycles. The minimum Gasteiger partial charge on any atom is -0.464 e. The van der Waals surface area contributed by atoms with E-state index in [2.05, 4.69) is 10.4 Å². The first-order valence-corrected chi connectivity index (χ1v) is 7.70. The summed E-state index contributed by atoms with van der Waals surface area (Å²) in [6.07, 6.45) is 1.20. The van der Waals surface area contributed by atoms with E-state index in [4.69, 9.17) is 14.2 Å². The molecule has 26 heavy (non-hydrogen) atoms. The van der Waals surface area contributed by atoms with Crippen LogP contribution in [0.1, 0.15) is 24.3 Å². The van der Waals surface area contributed by atoms with Gasteiger partial charge in [-0.25, -0.2) is 14.4 Å². The number of methoxy groups -OCH3 is 1. The smallest absolute Gasteiger partial charge is 0.359 e. The number of cyclic esters (lactones) is 2. The molecule has 1 saturated heterocycles. The molecule has 9 heteroatoms. The van der Waals surface area contributed by atoms with Crippen LogP contribution in [0.15, 0.2) is 30.0 Å². The minimum absolute atomic E-state index is 0.166. The SMILES string of the molecule is COC(=O)c1nn(C)c2ccc(NC=C3C(=O)OC(C)(C)OC3=O)cc12. The molecule has 1 N–H and O–H groups in total. The number of aryl methyl sites for hydroxylation is 1. The summed E-state index contributed by atoms with van der Waals surface area (Å²) in [4.78, 5) is 35.7. The summed E-state index contributed by atoms with van der Waals surface area (Å²) in [5.74, 6) is -3.42. The number of benzene rings is 1. The molecule has 3 rings (SSSR count). The normalized spacial score (nSPS) is 16.1. The van der Waals surface area contributed by atoms with E-state index in [0.717, 1.165) is 5.52 Å². The standard InChI is InChI=1S/C17H17N3O6/c1-17(2)25-14(21)11(15(22)26-17)8-18-9-5-6-12-10(7-9)13(16(23)24-4)19-20(12)3/h5-8,18H,1-4H3. The molecule has 1 fully saturated rings. The van der Waals surface area contributed by atoms with Gasteiger partial charge in [0.1, 0.15) is 0 Å². The fraction of sp³-hybridized carbons (Fsp3) is 0.294. The van der Waals surface area contributed by atoms with Crippen LogP contribution < -0.4 is 5.32 Å². The highest BCUT2D eigenvalue weighted by Crippen LogP contribution is 2.25. The van der Waals surface area contributed by atoms with Crippen LogP contribution in [-0.4, -0.2) is 40.6 Å². The van der Waals surface area contributed by atoms with Crippen molar-refractivity contribution in [2.45, 2.75) is 19.6 Å². The van der Waals surface area contributed by atoms with E-state index in [0.29, 0.717) is 11.1 Å². The van der Waals surface area contributed by atoms with Gasteiger partial charge in [0.25, 0.3) is 5.79 Å². The minimum atomic E-state index is -1.30. The molecule has 0 unspecified atom stereocenters. The Balaban J connectivity index is 1.91. The number of anilines is 1. The first-order valence-electron chi connectivity index (χ1n) is 7.70. The summed E-state index contributed by atoms with van der Waals surface area (Å²) in [6, 6.07) is 5.12. The fourth-order valence-corrected chi connectivity index (χ4v) is 2.54. The van der Waals surface area contributed by atoms with Crippen molar-refractivity contribution in [3.63, 3.8) is 0 Å². The molecule has 136 valence electrons. The van der Waals surface area contributed by atoms with Crippen LogP contribution in [0.3, 0.4) is 0 Å². The molecule has 0 atom stereocenters. The van der Waals surface area contributed by atoms with Gasteiger partial charge in [0, 0.05) is 38.2 Å². The highest BCUT2D eigenvalue weighted by Gasteiger charge is 2.38. The Morgan fingerprint density at radius 2 is 1.92 bits per heavy atom. The number of hydrogen-bond acceptors (Lipinski definition) is 8. The lowest BCUT2D eigenvalue weighted by molar-refractivity contribution is -0.222. The third-order valence-electron chi connectivity index (χ3n) is 3.73. The Bertz CT molecular complexity index is 935. The van der Waals surface area contributed by atoms with Crippen molar-refractivity contribution < 1.29 is 28.6 Å². The second-order valence-corrected chi connectivity index (χ2v) is 6.08. The summed E-state index contributed by atoms with van der Waals surface area (Å²) < 4.78 is 16.3. The molecule has 0 spiro atoms. The van der Waals surface area contributed by atoms with Gasteiger partial charge in [-0.1, -0.05) is 0 Å². The molecular formula is C17H17N3O6. The third kappa shape index (κ3) is 3.10. The number of hydrogen-bond donors (Lipinski definition) is 1. The number of fused-ring (bicyclic) bond motifs is 1. The lowest BCUT2D eigenvalue weighted by atomic mass is 10.2. The molecule has 1 aliphatic rings. The van der Waals surface area contributed by atoms with Crippen molar-refractivity contribution in [1.29, 1.82) is 0 Å². The van der Waals surface area contributed by atoms with Crippen LogP contribution in [0.2, 0.25) is 0 Å². The van der Waals surface area contributed by atoms with E-state index < -0.39 is 23.7 Å². The molecule has 2 heterocycles. The van der Waals surface area contributed by atoms with Gasteiger partial charge in [-0.3, -0.25) is 4.68 Å². The molecular weight excluding hydrogens is 342 g/mol. The number of rotatable bonds is 3. The monoisotopic (exact) mass is 359 g/mol. The summed E-state index contributed by atoms with van der Waals surface area (Å²) >= 11 is 0. The van der Waals surface area contributed by atoms with E-state index in [-0.39, 0.29) is 11.3 Å². The zero-order valence-electron chi connectivity index (χ0n) is 14.7. The van der Waals surface area contributed by atoms with Crippen LogP contribution in [0.4, 0.5) is 5.69 Å². The van der Waals surface area contributed by atoms with Gasteiger partial charge in [0.05, 0.1) is 12.6 Å². The number of carbonyl (C=O) groups excluding carboxylic acids is 3. The summed E-state index contributed by atoms with van der Waals surface area (Å²) in [6.45, 7) is 2.94. The zero-order chi connectivity index (χ0) is 19.1. The molecule has 0 amide bonds. The third-order valence-corrected chi connectivity index (χ3v) is 3.73. The number of nitrogens with one attached hydrogen (secondary N) is 1. The van der Waals surface area contributed by atoms with Gasteiger partial charge in [0.2, 0.25) is 0 Å². The maximum absolute atomic E-state index is 11.9. The van der Waals surface area contributed by atoms with Crippen molar-refractivity contribution in [1.82, 2.24) is 9.78 Å². The highest BCUT2D eigenvalue weighted by molar-refractivity contribution is 6.15. The Kier molecular flexibility index (Phi) is 4.15. The molecule has 0 aliphatic carbocycles. The number of carbonyl (C=O) groups is 3. The van der Waals surface area contributed by atoms with Gasteiger partial charge in [-0.05, 0) is 18.2 Å². The van der Waals surface area contributed by atoms with Gasteiger partial charge < -0.3 is 19.5 Å². The van der Waals surface area contributed by atoms with E-state index in [1.165, 1.54) is 27.2 Å². The zero-order valence-corrected chi connectivity index (χ0v) is 14.7. The van der Waals surface area contributed by atoms with Gasteiger partial charge >= 0.3 is 17.9 Å². The predicted octanol–water partition coefficient (Wildman–Crippen LogP) is 1.49. The van der Waals surface area contributed by atoms with Crippen molar-refractivity contribution in [2.75, 3.05) is 12.4 Å². The number of esters is 3. The molecule has 0 radical (unpaired) electrons. The lowest BCUT2D eigenvalue weighted by Crippen LogP contribution is -2.42. The number of ether oxygens (including phenoxy) is 3. The van der Waals surface area contributed by atoms with Crippen LogP contribution in [-0.2, 0) is 30.8 Å². The van der Waals surface area contributed by atoms with Crippen molar-refractivity contribution >= 4 is 34.5 Å². The topological polar surface area (TPSA) is 109 Å². The predicted molar refractivity (Wildman–Crippen MR) is 90.0 cm³/mol. The summed E-state index contributed by atoms with van der Waals surface area (Å²) in [5.41, 5.74) is 1.17. The van der Waals surface area contributed by atoms with E-state index >= 15 is 0 Å². The first kappa shape index (κ1) is 17.5. The Labute approximate surface area is 148 Å². The average Bonchev–Trinajstić information content (AvgIpc) is 2.89. The first-order chi connectivity index (χ1) is 12.2. The quantitative estimate of drug-likeness (QED) is 0.499. The van der Waals surface area contributed by atoms with Crippen molar-refractivity contribution in [2.24, 2.45) is 7.05 Å². The largest absolute Gasteiger partial charge is 0.464 e. The van der Waals surface area contributed by atoms with Gasteiger partial charge in [0.15, 0.2) is 11.3 Å². The number of aromatic nitrogens is 2.